The van der Waals surface area contributed by atoms with Crippen LogP contribution in [0.3, 0.4) is 0 Å². The molecule has 11 nitrogen and oxygen atoms in total. The number of aliphatic hydroxyl groups is 1. The summed E-state index contributed by atoms with van der Waals surface area (Å²) in [5.41, 5.74) is 0. The van der Waals surface area contributed by atoms with Crippen molar-refractivity contribution in [2.75, 3.05) is 26.4 Å². The summed E-state index contributed by atoms with van der Waals surface area (Å²) in [6.45, 7) is 4.56. The van der Waals surface area contributed by atoms with Gasteiger partial charge in [-0.05, 0) is 77.0 Å². The van der Waals surface area contributed by atoms with E-state index in [1.54, 1.807) is 0 Å². The van der Waals surface area contributed by atoms with Crippen molar-refractivity contribution in [2.24, 2.45) is 0 Å². The SMILES string of the molecule is CC/C=C\C/C=C\C/C=C\CCCCCCCCCC(=O)OC(COC(=O)CCCCCCCCC/C=C\CCCCCCCC)COP(=O)(O)OCC(CO)OC(=O)CCCCCCCCCCCCCCC. The Labute approximate surface area is 453 Å². The van der Waals surface area contributed by atoms with Crippen LogP contribution in [0.25, 0.3) is 0 Å². The lowest BCUT2D eigenvalue weighted by Crippen LogP contribution is -2.30. The first kappa shape index (κ1) is 71.4. The normalized spacial score (nSPS) is 13.6. The number of carbonyl (C=O) groups excluding carboxylic acids is 3. The van der Waals surface area contributed by atoms with Gasteiger partial charge >= 0.3 is 25.7 Å². The van der Waals surface area contributed by atoms with Crippen LogP contribution < -0.4 is 0 Å². The zero-order valence-corrected chi connectivity index (χ0v) is 48.7. The van der Waals surface area contributed by atoms with E-state index < -0.39 is 57.8 Å². The lowest BCUT2D eigenvalue weighted by molar-refractivity contribution is -0.161. The molecular formula is C62H113O11P. The van der Waals surface area contributed by atoms with Crippen molar-refractivity contribution in [1.82, 2.24) is 0 Å². The van der Waals surface area contributed by atoms with Gasteiger partial charge in [-0.1, -0.05) is 243 Å². The molecule has 0 rings (SSSR count). The first-order chi connectivity index (χ1) is 36.2. The standard InChI is InChI=1S/C62H113O11P/c1-4-7-10-13-16-19-22-25-27-29-31-34-36-39-42-45-48-51-60(64)69-55-59(73-62(66)53-50-47-44-41-38-35-32-30-28-26-23-20-17-14-11-8-5-2)57-71-74(67,68)70-56-58(54-63)72-61(65)52-49-46-43-40-37-33-24-21-18-15-12-9-6-3/h8,11,17,20,25-28,58-59,63H,4-7,9-10,12-16,18-19,21-24,29-57H2,1-3H3,(H,67,68)/b11-8-,20-17-,27-25-,28-26-. The van der Waals surface area contributed by atoms with E-state index >= 15 is 0 Å². The maximum absolute atomic E-state index is 12.9. The topological polar surface area (TPSA) is 155 Å². The highest BCUT2D eigenvalue weighted by molar-refractivity contribution is 7.47. The number of hydrogen-bond donors (Lipinski definition) is 2. The van der Waals surface area contributed by atoms with Crippen molar-refractivity contribution < 1.29 is 52.2 Å². The number of rotatable bonds is 57. The zero-order valence-electron chi connectivity index (χ0n) is 47.8. The molecule has 0 saturated carbocycles. The van der Waals surface area contributed by atoms with E-state index in [1.165, 1.54) is 135 Å². The Kier molecular flexibility index (Phi) is 54.7. The second kappa shape index (κ2) is 56.6. The highest BCUT2D eigenvalue weighted by atomic mass is 31.2. The molecule has 432 valence electrons. The fourth-order valence-electron chi connectivity index (χ4n) is 8.60. The molecule has 0 fully saturated rings. The quantitative estimate of drug-likeness (QED) is 0.0197. The van der Waals surface area contributed by atoms with Crippen LogP contribution >= 0.6 is 7.82 Å². The third-order valence-corrected chi connectivity index (χ3v) is 14.2. The van der Waals surface area contributed by atoms with Crippen LogP contribution in [0.4, 0.5) is 0 Å². The van der Waals surface area contributed by atoms with E-state index in [1.807, 2.05) is 0 Å². The minimum absolute atomic E-state index is 0.157. The lowest BCUT2D eigenvalue weighted by Gasteiger charge is -2.21. The van der Waals surface area contributed by atoms with Crippen LogP contribution in [0, 0.1) is 0 Å². The molecule has 0 aromatic heterocycles. The predicted octanol–water partition coefficient (Wildman–Crippen LogP) is 18.1. The van der Waals surface area contributed by atoms with Crippen molar-refractivity contribution in [2.45, 2.75) is 303 Å². The Hall–Kier alpha value is -2.56. The molecule has 0 aromatic carbocycles. The summed E-state index contributed by atoms with van der Waals surface area (Å²) in [7, 11) is -4.75. The van der Waals surface area contributed by atoms with Crippen molar-refractivity contribution in [3.63, 3.8) is 0 Å². The number of phosphoric ester groups is 1. The number of aliphatic hydroxyl groups excluding tert-OH is 1. The third kappa shape index (κ3) is 54.2. The summed E-state index contributed by atoms with van der Waals surface area (Å²) in [5, 5.41) is 9.82. The van der Waals surface area contributed by atoms with Gasteiger partial charge in [0.1, 0.15) is 12.7 Å². The summed E-state index contributed by atoms with van der Waals surface area (Å²) in [4.78, 5) is 48.6. The molecule has 0 aliphatic carbocycles. The van der Waals surface area contributed by atoms with Gasteiger partial charge in [-0.15, -0.1) is 0 Å². The number of esters is 3. The summed E-state index contributed by atoms with van der Waals surface area (Å²) < 4.78 is 39.6. The van der Waals surface area contributed by atoms with Crippen molar-refractivity contribution >= 4 is 25.7 Å². The predicted molar refractivity (Wildman–Crippen MR) is 307 cm³/mol. The number of phosphoric acid groups is 1. The molecule has 12 heteroatoms. The molecule has 0 bridgehead atoms. The van der Waals surface area contributed by atoms with Gasteiger partial charge in [0.15, 0.2) is 6.10 Å². The molecule has 3 unspecified atom stereocenters. The van der Waals surface area contributed by atoms with Crippen molar-refractivity contribution in [3.8, 4) is 0 Å². The Morgan fingerprint density at radius 1 is 0.392 bits per heavy atom. The fraction of sp³-hybridized carbons (Fsp3) is 0.823. The molecule has 0 aliphatic rings. The fourth-order valence-corrected chi connectivity index (χ4v) is 9.39. The summed E-state index contributed by atoms with van der Waals surface area (Å²) in [5.74, 6) is -1.46. The highest BCUT2D eigenvalue weighted by Crippen LogP contribution is 2.43. The van der Waals surface area contributed by atoms with Gasteiger partial charge in [0.05, 0.1) is 19.8 Å². The molecular weight excluding hydrogens is 952 g/mol. The first-order valence-corrected chi connectivity index (χ1v) is 32.0. The minimum Gasteiger partial charge on any atom is -0.462 e. The van der Waals surface area contributed by atoms with E-state index in [0.29, 0.717) is 19.3 Å². The van der Waals surface area contributed by atoms with Crippen LogP contribution in [0.5, 0.6) is 0 Å². The number of allylic oxidation sites excluding steroid dienone is 8. The number of hydrogen-bond acceptors (Lipinski definition) is 10. The van der Waals surface area contributed by atoms with E-state index in [0.717, 1.165) is 96.3 Å². The van der Waals surface area contributed by atoms with Gasteiger partial charge in [-0.3, -0.25) is 23.4 Å². The molecule has 0 amide bonds. The van der Waals surface area contributed by atoms with Crippen LogP contribution in [-0.2, 0) is 42.2 Å². The second-order valence-electron chi connectivity index (χ2n) is 20.5. The number of ether oxygens (including phenoxy) is 3. The smallest absolute Gasteiger partial charge is 0.462 e. The van der Waals surface area contributed by atoms with E-state index in [2.05, 4.69) is 69.4 Å². The highest BCUT2D eigenvalue weighted by Gasteiger charge is 2.28. The summed E-state index contributed by atoms with van der Waals surface area (Å²) in [6.07, 6.45) is 60.6. The number of unbranched alkanes of at least 4 members (excludes halogenated alkanes) is 32. The van der Waals surface area contributed by atoms with E-state index in [9.17, 15) is 28.9 Å². The average Bonchev–Trinajstić information content (AvgIpc) is 3.39. The van der Waals surface area contributed by atoms with Gasteiger partial charge in [-0.25, -0.2) is 4.57 Å². The van der Waals surface area contributed by atoms with Gasteiger partial charge in [0.25, 0.3) is 0 Å². The molecule has 3 atom stereocenters. The van der Waals surface area contributed by atoms with E-state index in [4.69, 9.17) is 23.3 Å². The average molecular weight is 1070 g/mol. The van der Waals surface area contributed by atoms with E-state index in [-0.39, 0.29) is 25.9 Å². The Balaban J connectivity index is 4.71. The molecule has 0 heterocycles. The van der Waals surface area contributed by atoms with Gasteiger partial charge in [0, 0.05) is 19.3 Å². The van der Waals surface area contributed by atoms with Crippen LogP contribution in [0.2, 0.25) is 0 Å². The molecule has 0 aliphatic heterocycles. The Morgan fingerprint density at radius 2 is 0.703 bits per heavy atom. The van der Waals surface area contributed by atoms with Crippen molar-refractivity contribution in [1.29, 1.82) is 0 Å². The molecule has 2 N–H and O–H groups in total. The molecule has 0 saturated heterocycles. The van der Waals surface area contributed by atoms with Crippen LogP contribution in [0.15, 0.2) is 48.6 Å². The Bertz CT molecular complexity index is 1430. The van der Waals surface area contributed by atoms with Gasteiger partial charge in [-0.2, -0.15) is 0 Å². The van der Waals surface area contributed by atoms with Gasteiger partial charge in [0.2, 0.25) is 0 Å². The molecule has 74 heavy (non-hydrogen) atoms. The summed E-state index contributed by atoms with van der Waals surface area (Å²) in [6, 6.07) is 0. The summed E-state index contributed by atoms with van der Waals surface area (Å²) >= 11 is 0. The molecule has 0 spiro atoms. The van der Waals surface area contributed by atoms with Crippen molar-refractivity contribution in [3.05, 3.63) is 48.6 Å². The Morgan fingerprint density at radius 3 is 1.09 bits per heavy atom. The second-order valence-corrected chi connectivity index (χ2v) is 21.9. The monoisotopic (exact) mass is 1060 g/mol. The lowest BCUT2D eigenvalue weighted by atomic mass is 10.0. The molecule has 0 aromatic rings. The molecule has 0 radical (unpaired) electrons. The first-order valence-electron chi connectivity index (χ1n) is 30.5. The van der Waals surface area contributed by atoms with Gasteiger partial charge < -0.3 is 24.2 Å². The maximum atomic E-state index is 12.9. The van der Waals surface area contributed by atoms with Crippen LogP contribution in [0.1, 0.15) is 290 Å². The largest absolute Gasteiger partial charge is 0.472 e. The maximum Gasteiger partial charge on any atom is 0.472 e. The number of carbonyl (C=O) groups is 3. The minimum atomic E-state index is -4.75. The third-order valence-electron chi connectivity index (χ3n) is 13.2. The zero-order chi connectivity index (χ0) is 54.1. The van der Waals surface area contributed by atoms with Crippen LogP contribution in [-0.4, -0.2) is 66.5 Å².